The molecule has 1 aromatic heterocycles. The molecule has 0 radical (unpaired) electrons. The first-order valence-electron chi connectivity index (χ1n) is 3.09. The highest BCUT2D eigenvalue weighted by molar-refractivity contribution is 6.30. The molecule has 1 rings (SSSR count). The standard InChI is InChI=1S/C7H8ClFN2.ClH/c1-11(2)7-6(9)3-5(8)4-10-7;/h3-4H,1-2H3;1H. The van der Waals surface area contributed by atoms with Gasteiger partial charge in [-0.05, 0) is 6.07 Å². The Hall–Kier alpha value is -0.540. The molecule has 5 heteroatoms. The van der Waals surface area contributed by atoms with Gasteiger partial charge in [0.25, 0.3) is 0 Å². The minimum Gasteiger partial charge on any atom is -0.360 e. The molecule has 1 heterocycles. The Balaban J connectivity index is 0.00000121. The van der Waals surface area contributed by atoms with E-state index >= 15 is 0 Å². The van der Waals surface area contributed by atoms with E-state index in [1.807, 2.05) is 0 Å². The molecule has 0 fully saturated rings. The Morgan fingerprint density at radius 1 is 1.50 bits per heavy atom. The molecule has 0 aromatic carbocycles. The molecule has 0 spiro atoms. The molecule has 0 unspecified atom stereocenters. The Morgan fingerprint density at radius 3 is 2.50 bits per heavy atom. The first-order valence-corrected chi connectivity index (χ1v) is 3.47. The van der Waals surface area contributed by atoms with E-state index in [-0.39, 0.29) is 12.4 Å². The van der Waals surface area contributed by atoms with Crippen molar-refractivity contribution in [1.82, 2.24) is 4.98 Å². The number of halogens is 3. The van der Waals surface area contributed by atoms with Gasteiger partial charge < -0.3 is 4.90 Å². The highest BCUT2D eigenvalue weighted by atomic mass is 35.5. The van der Waals surface area contributed by atoms with Crippen LogP contribution in [0.2, 0.25) is 5.02 Å². The highest BCUT2D eigenvalue weighted by Crippen LogP contribution is 2.16. The number of anilines is 1. The van der Waals surface area contributed by atoms with Crippen LogP contribution in [0.1, 0.15) is 0 Å². The average Bonchev–Trinajstić information content (AvgIpc) is 1.85. The van der Waals surface area contributed by atoms with Crippen molar-refractivity contribution in [2.75, 3.05) is 19.0 Å². The highest BCUT2D eigenvalue weighted by Gasteiger charge is 2.04. The average molecular weight is 211 g/mol. The van der Waals surface area contributed by atoms with Crippen LogP contribution in [0.4, 0.5) is 10.2 Å². The predicted molar refractivity (Wildman–Crippen MR) is 50.8 cm³/mol. The van der Waals surface area contributed by atoms with Crippen molar-refractivity contribution in [2.45, 2.75) is 0 Å². The van der Waals surface area contributed by atoms with Gasteiger partial charge >= 0.3 is 0 Å². The van der Waals surface area contributed by atoms with Crippen LogP contribution in [0.5, 0.6) is 0 Å². The molecule has 68 valence electrons. The van der Waals surface area contributed by atoms with Crippen LogP contribution in [0, 0.1) is 5.82 Å². The summed E-state index contributed by atoms with van der Waals surface area (Å²) < 4.78 is 12.9. The van der Waals surface area contributed by atoms with E-state index in [2.05, 4.69) is 4.98 Å². The second-order valence-corrected chi connectivity index (χ2v) is 2.79. The SMILES string of the molecule is CN(C)c1ncc(Cl)cc1F.Cl. The maximum Gasteiger partial charge on any atom is 0.167 e. The quantitative estimate of drug-likeness (QED) is 0.708. The zero-order valence-electron chi connectivity index (χ0n) is 6.71. The van der Waals surface area contributed by atoms with Gasteiger partial charge in [-0.3, -0.25) is 0 Å². The monoisotopic (exact) mass is 210 g/mol. The molecule has 12 heavy (non-hydrogen) atoms. The lowest BCUT2D eigenvalue weighted by molar-refractivity contribution is 0.619. The molecule has 0 aliphatic heterocycles. The fraction of sp³-hybridized carbons (Fsp3) is 0.286. The van der Waals surface area contributed by atoms with Crippen LogP contribution < -0.4 is 4.90 Å². The number of hydrogen-bond acceptors (Lipinski definition) is 2. The van der Waals surface area contributed by atoms with E-state index in [0.717, 1.165) is 0 Å². The van der Waals surface area contributed by atoms with Crippen molar-refractivity contribution in [3.8, 4) is 0 Å². The van der Waals surface area contributed by atoms with Crippen LogP contribution >= 0.6 is 24.0 Å². The summed E-state index contributed by atoms with van der Waals surface area (Å²) in [5, 5.41) is 0.313. The molecule has 1 aromatic rings. The molecular weight excluding hydrogens is 202 g/mol. The fourth-order valence-corrected chi connectivity index (χ4v) is 0.881. The van der Waals surface area contributed by atoms with Crippen molar-refractivity contribution in [3.63, 3.8) is 0 Å². The number of hydrogen-bond donors (Lipinski definition) is 0. The predicted octanol–water partition coefficient (Wildman–Crippen LogP) is 2.36. The summed E-state index contributed by atoms with van der Waals surface area (Å²) in [6.45, 7) is 0. The molecule has 0 saturated heterocycles. The van der Waals surface area contributed by atoms with Gasteiger partial charge in [0.1, 0.15) is 0 Å². The smallest absolute Gasteiger partial charge is 0.167 e. The third kappa shape index (κ3) is 2.50. The maximum atomic E-state index is 12.9. The summed E-state index contributed by atoms with van der Waals surface area (Å²) in [6.07, 6.45) is 1.42. The van der Waals surface area contributed by atoms with Gasteiger partial charge in [-0.25, -0.2) is 9.37 Å². The Morgan fingerprint density at radius 2 is 2.08 bits per heavy atom. The second kappa shape index (κ2) is 4.48. The molecule has 0 atom stereocenters. The Kier molecular flexibility index (Phi) is 4.28. The third-order valence-electron chi connectivity index (χ3n) is 1.21. The van der Waals surface area contributed by atoms with Crippen molar-refractivity contribution in [3.05, 3.63) is 23.1 Å². The van der Waals surface area contributed by atoms with Crippen LogP contribution in [0.15, 0.2) is 12.3 Å². The Labute approximate surface area is 81.8 Å². The van der Waals surface area contributed by atoms with Crippen LogP contribution in [-0.4, -0.2) is 19.1 Å². The second-order valence-electron chi connectivity index (χ2n) is 2.35. The summed E-state index contributed by atoms with van der Waals surface area (Å²) in [7, 11) is 3.44. The third-order valence-corrected chi connectivity index (χ3v) is 1.42. The lowest BCUT2D eigenvalue weighted by Crippen LogP contribution is -2.12. The van der Waals surface area contributed by atoms with E-state index in [9.17, 15) is 4.39 Å². The number of pyridine rings is 1. The Bertz CT molecular complexity index is 266. The summed E-state index contributed by atoms with van der Waals surface area (Å²) in [6, 6.07) is 1.24. The number of rotatable bonds is 1. The molecule has 0 saturated carbocycles. The van der Waals surface area contributed by atoms with Crippen LogP contribution in [0.3, 0.4) is 0 Å². The molecular formula is C7H9Cl2FN2. The summed E-state index contributed by atoms with van der Waals surface area (Å²) in [5.41, 5.74) is 0. The minimum atomic E-state index is -0.400. The van der Waals surface area contributed by atoms with E-state index in [0.29, 0.717) is 10.8 Å². The van der Waals surface area contributed by atoms with Crippen LogP contribution in [0.25, 0.3) is 0 Å². The molecule has 0 N–H and O–H groups in total. The summed E-state index contributed by atoms with van der Waals surface area (Å²) in [4.78, 5) is 5.39. The lowest BCUT2D eigenvalue weighted by atomic mass is 10.4. The molecule has 0 aliphatic rings. The zero-order chi connectivity index (χ0) is 8.43. The lowest BCUT2D eigenvalue weighted by Gasteiger charge is -2.11. The zero-order valence-corrected chi connectivity index (χ0v) is 8.29. The maximum absolute atomic E-state index is 12.9. The summed E-state index contributed by atoms with van der Waals surface area (Å²) >= 11 is 5.50. The minimum absolute atomic E-state index is 0. The first-order chi connectivity index (χ1) is 5.11. The molecule has 2 nitrogen and oxygen atoms in total. The van der Waals surface area contributed by atoms with Gasteiger partial charge in [-0.1, -0.05) is 11.6 Å². The topological polar surface area (TPSA) is 16.1 Å². The van der Waals surface area contributed by atoms with E-state index in [4.69, 9.17) is 11.6 Å². The van der Waals surface area contributed by atoms with Crippen LogP contribution in [-0.2, 0) is 0 Å². The molecule has 0 amide bonds. The van der Waals surface area contributed by atoms with E-state index in [1.54, 1.807) is 19.0 Å². The molecule has 0 bridgehead atoms. The fourth-order valence-electron chi connectivity index (χ4n) is 0.736. The number of aromatic nitrogens is 1. The normalized spacial score (nSPS) is 9.00. The van der Waals surface area contributed by atoms with Crippen molar-refractivity contribution in [1.29, 1.82) is 0 Å². The van der Waals surface area contributed by atoms with Crippen molar-refractivity contribution in [2.24, 2.45) is 0 Å². The van der Waals surface area contributed by atoms with Crippen molar-refractivity contribution < 1.29 is 4.39 Å². The van der Waals surface area contributed by atoms with Gasteiger partial charge in [-0.2, -0.15) is 0 Å². The van der Waals surface area contributed by atoms with Crippen molar-refractivity contribution >= 4 is 29.8 Å². The molecule has 0 aliphatic carbocycles. The van der Waals surface area contributed by atoms with Gasteiger partial charge in [0, 0.05) is 20.3 Å². The van der Waals surface area contributed by atoms with E-state index < -0.39 is 5.82 Å². The first kappa shape index (κ1) is 11.5. The van der Waals surface area contributed by atoms with Gasteiger partial charge in [0.15, 0.2) is 11.6 Å². The largest absolute Gasteiger partial charge is 0.360 e. The van der Waals surface area contributed by atoms with Gasteiger partial charge in [0.05, 0.1) is 5.02 Å². The van der Waals surface area contributed by atoms with Gasteiger partial charge in [-0.15, -0.1) is 12.4 Å². The van der Waals surface area contributed by atoms with Gasteiger partial charge in [0.2, 0.25) is 0 Å². The van der Waals surface area contributed by atoms with E-state index in [1.165, 1.54) is 12.3 Å². The number of nitrogens with zero attached hydrogens (tertiary/aromatic N) is 2. The summed E-state index contributed by atoms with van der Waals surface area (Å²) in [5.74, 6) is -0.100.